The first kappa shape index (κ1) is 17.4. The van der Waals surface area contributed by atoms with Crippen molar-refractivity contribution < 1.29 is 29.6 Å². The van der Waals surface area contributed by atoms with Crippen molar-refractivity contribution in [1.29, 1.82) is 0 Å². The topological polar surface area (TPSA) is 96.2 Å². The molecule has 0 spiro atoms. The van der Waals surface area contributed by atoms with Crippen molar-refractivity contribution in [3.05, 3.63) is 54.1 Å². The van der Waals surface area contributed by atoms with Gasteiger partial charge in [0.15, 0.2) is 0 Å². The molecule has 4 unspecified atom stereocenters. The fourth-order valence-corrected chi connectivity index (χ4v) is 2.14. The van der Waals surface area contributed by atoms with Crippen molar-refractivity contribution in [3.63, 3.8) is 0 Å². The molecule has 3 N–H and O–H groups in total. The molecule has 0 saturated carbocycles. The molecule has 1 heterocycles. The van der Waals surface area contributed by atoms with E-state index < -0.39 is 30.4 Å². The lowest BCUT2D eigenvalue weighted by molar-refractivity contribution is -0.145. The van der Waals surface area contributed by atoms with E-state index in [2.05, 4.69) is 0 Å². The van der Waals surface area contributed by atoms with Gasteiger partial charge in [0, 0.05) is 6.08 Å². The zero-order valence-electron chi connectivity index (χ0n) is 12.5. The molecule has 1 aromatic carbocycles. The highest BCUT2D eigenvalue weighted by molar-refractivity contribution is 5.82. The molecule has 1 fully saturated rings. The van der Waals surface area contributed by atoms with Crippen LogP contribution in [0.1, 0.15) is 5.56 Å². The summed E-state index contributed by atoms with van der Waals surface area (Å²) in [4.78, 5) is 11.5. The average molecular weight is 320 g/mol. The van der Waals surface area contributed by atoms with Gasteiger partial charge in [-0.3, -0.25) is 0 Å². The van der Waals surface area contributed by atoms with Crippen molar-refractivity contribution in [1.82, 2.24) is 0 Å². The molecule has 0 aliphatic carbocycles. The second kappa shape index (κ2) is 8.59. The zero-order valence-corrected chi connectivity index (χ0v) is 12.5. The highest BCUT2D eigenvalue weighted by atomic mass is 16.6. The average Bonchev–Trinajstić information content (AvgIpc) is 2.90. The number of allylic oxidation sites excluding steroid dienone is 2. The summed E-state index contributed by atoms with van der Waals surface area (Å²) in [6.07, 6.45) is 1.93. The summed E-state index contributed by atoms with van der Waals surface area (Å²) in [5, 5.41) is 28.7. The standard InChI is InChI=1S/C17H20O6/c18-13-10-23-17(16(13)21)14(19)11-22-15(20)9-5-4-8-12-6-2-1-3-7-12/h1-9,13-14,16-19,21H,10-11H2. The normalized spacial score (nSPS) is 26.0. The van der Waals surface area contributed by atoms with Gasteiger partial charge in [0.05, 0.1) is 6.61 Å². The van der Waals surface area contributed by atoms with Crippen LogP contribution in [0.25, 0.3) is 6.08 Å². The number of carbonyl (C=O) groups excluding carboxylic acids is 1. The Labute approximate surface area is 134 Å². The van der Waals surface area contributed by atoms with Gasteiger partial charge in [-0.05, 0) is 5.56 Å². The summed E-state index contributed by atoms with van der Waals surface area (Å²) in [7, 11) is 0. The molecule has 0 amide bonds. The Kier molecular flexibility index (Phi) is 6.49. The molecule has 1 aliphatic rings. The van der Waals surface area contributed by atoms with Gasteiger partial charge < -0.3 is 24.8 Å². The highest BCUT2D eigenvalue weighted by Crippen LogP contribution is 2.17. The minimum atomic E-state index is -1.20. The van der Waals surface area contributed by atoms with Crippen LogP contribution in [0.2, 0.25) is 0 Å². The first-order chi connectivity index (χ1) is 11.1. The number of benzene rings is 1. The van der Waals surface area contributed by atoms with Gasteiger partial charge in [-0.1, -0.05) is 48.6 Å². The van der Waals surface area contributed by atoms with E-state index in [0.29, 0.717) is 0 Å². The molecule has 1 aliphatic heterocycles. The lowest BCUT2D eigenvalue weighted by atomic mass is 10.1. The predicted molar refractivity (Wildman–Crippen MR) is 83.3 cm³/mol. The van der Waals surface area contributed by atoms with E-state index in [0.717, 1.165) is 5.56 Å². The smallest absolute Gasteiger partial charge is 0.330 e. The SMILES string of the molecule is O=C(C=CC=Cc1ccccc1)OCC(O)C1OCC(O)C1O. The summed E-state index contributed by atoms with van der Waals surface area (Å²) in [6, 6.07) is 9.60. The van der Waals surface area contributed by atoms with E-state index in [9.17, 15) is 20.1 Å². The van der Waals surface area contributed by atoms with Gasteiger partial charge in [-0.15, -0.1) is 0 Å². The quantitative estimate of drug-likeness (QED) is 0.396. The zero-order chi connectivity index (χ0) is 16.7. The lowest BCUT2D eigenvalue weighted by Crippen LogP contribution is -2.41. The Hall–Kier alpha value is -1.99. The Balaban J connectivity index is 1.72. The van der Waals surface area contributed by atoms with Crippen LogP contribution in [0, 0.1) is 0 Å². The summed E-state index contributed by atoms with van der Waals surface area (Å²) in [6.45, 7) is -0.374. The van der Waals surface area contributed by atoms with Gasteiger partial charge in [-0.25, -0.2) is 4.79 Å². The number of aliphatic hydroxyl groups is 3. The minimum absolute atomic E-state index is 0.0545. The predicted octanol–water partition coefficient (Wildman–Crippen LogP) is 0.281. The van der Waals surface area contributed by atoms with Crippen LogP contribution >= 0.6 is 0 Å². The second-order valence-corrected chi connectivity index (χ2v) is 5.18. The molecule has 0 bridgehead atoms. The van der Waals surface area contributed by atoms with Gasteiger partial charge in [0.2, 0.25) is 0 Å². The van der Waals surface area contributed by atoms with E-state index in [4.69, 9.17) is 9.47 Å². The van der Waals surface area contributed by atoms with Crippen molar-refractivity contribution in [2.75, 3.05) is 13.2 Å². The van der Waals surface area contributed by atoms with Gasteiger partial charge in [0.25, 0.3) is 0 Å². The summed E-state index contributed by atoms with van der Waals surface area (Å²) in [5.41, 5.74) is 1.01. The summed E-state index contributed by atoms with van der Waals surface area (Å²) < 4.78 is 9.92. The van der Waals surface area contributed by atoms with Gasteiger partial charge >= 0.3 is 5.97 Å². The molecule has 0 radical (unpaired) electrons. The fourth-order valence-electron chi connectivity index (χ4n) is 2.14. The molecule has 124 valence electrons. The van der Waals surface area contributed by atoms with Crippen LogP contribution in [0.4, 0.5) is 0 Å². The number of carbonyl (C=O) groups is 1. The van der Waals surface area contributed by atoms with E-state index in [1.54, 1.807) is 6.08 Å². The van der Waals surface area contributed by atoms with E-state index in [1.807, 2.05) is 36.4 Å². The first-order valence-corrected chi connectivity index (χ1v) is 7.30. The fraction of sp³-hybridized carbons (Fsp3) is 0.353. The summed E-state index contributed by atoms with van der Waals surface area (Å²) in [5.74, 6) is -0.616. The first-order valence-electron chi connectivity index (χ1n) is 7.30. The van der Waals surface area contributed by atoms with Crippen LogP contribution in [0.15, 0.2) is 48.6 Å². The van der Waals surface area contributed by atoms with Crippen molar-refractivity contribution in [2.45, 2.75) is 24.4 Å². The van der Waals surface area contributed by atoms with Crippen molar-refractivity contribution >= 4 is 12.0 Å². The number of aliphatic hydroxyl groups excluding tert-OH is 3. The van der Waals surface area contributed by atoms with E-state index in [1.165, 1.54) is 12.2 Å². The largest absolute Gasteiger partial charge is 0.460 e. The highest BCUT2D eigenvalue weighted by Gasteiger charge is 2.39. The van der Waals surface area contributed by atoms with Crippen molar-refractivity contribution in [2.24, 2.45) is 0 Å². The molecule has 1 aromatic rings. The third kappa shape index (κ3) is 5.30. The maximum Gasteiger partial charge on any atom is 0.330 e. The molecule has 6 nitrogen and oxygen atoms in total. The van der Waals surface area contributed by atoms with Gasteiger partial charge in [-0.2, -0.15) is 0 Å². The maximum atomic E-state index is 11.5. The molecule has 2 rings (SSSR count). The lowest BCUT2D eigenvalue weighted by Gasteiger charge is -2.20. The van der Waals surface area contributed by atoms with Crippen molar-refractivity contribution in [3.8, 4) is 0 Å². The van der Waals surface area contributed by atoms with Gasteiger partial charge in [0.1, 0.15) is 31.0 Å². The molecule has 23 heavy (non-hydrogen) atoms. The third-order valence-corrected chi connectivity index (χ3v) is 3.40. The van der Waals surface area contributed by atoms with E-state index >= 15 is 0 Å². The minimum Gasteiger partial charge on any atom is -0.460 e. The van der Waals surface area contributed by atoms with E-state index in [-0.39, 0.29) is 13.2 Å². The number of ether oxygens (including phenoxy) is 2. The molecular formula is C17H20O6. The second-order valence-electron chi connectivity index (χ2n) is 5.18. The molecule has 4 atom stereocenters. The summed E-state index contributed by atoms with van der Waals surface area (Å²) >= 11 is 0. The number of hydrogen-bond acceptors (Lipinski definition) is 6. The van der Waals surface area contributed by atoms with Crippen LogP contribution in [-0.2, 0) is 14.3 Å². The van der Waals surface area contributed by atoms with Crippen LogP contribution in [0.5, 0.6) is 0 Å². The van der Waals surface area contributed by atoms with Crippen LogP contribution in [-0.4, -0.2) is 58.9 Å². The molecule has 6 heteroatoms. The van der Waals surface area contributed by atoms with Crippen LogP contribution in [0.3, 0.4) is 0 Å². The Morgan fingerprint density at radius 3 is 2.70 bits per heavy atom. The molecular weight excluding hydrogens is 300 g/mol. The Bertz CT molecular complexity index is 553. The molecule has 1 saturated heterocycles. The maximum absolute atomic E-state index is 11.5. The third-order valence-electron chi connectivity index (χ3n) is 3.40. The number of esters is 1. The Morgan fingerprint density at radius 2 is 2.04 bits per heavy atom. The number of hydrogen-bond donors (Lipinski definition) is 3. The number of rotatable bonds is 6. The monoisotopic (exact) mass is 320 g/mol. The van der Waals surface area contributed by atoms with Crippen LogP contribution < -0.4 is 0 Å². The Morgan fingerprint density at radius 1 is 1.30 bits per heavy atom. The molecule has 0 aromatic heterocycles.